The zero-order chi connectivity index (χ0) is 15.8. The molecule has 1 saturated heterocycles. The quantitative estimate of drug-likeness (QED) is 0.791. The lowest BCUT2D eigenvalue weighted by Crippen LogP contribution is -2.54. The minimum Gasteiger partial charge on any atom is -0.480 e. The average molecular weight is 296 g/mol. The van der Waals surface area contributed by atoms with Crippen LogP contribution < -0.4 is 5.32 Å². The first-order valence-corrected chi connectivity index (χ1v) is 8.37. The molecule has 0 bridgehead atoms. The molecule has 0 aromatic rings. The molecule has 122 valence electrons. The van der Waals surface area contributed by atoms with Crippen molar-refractivity contribution in [2.24, 2.45) is 11.3 Å². The summed E-state index contributed by atoms with van der Waals surface area (Å²) in [5, 5.41) is 12.9. The fourth-order valence-electron chi connectivity index (χ4n) is 3.50. The number of aliphatic carboxylic acids is 1. The van der Waals surface area contributed by atoms with Crippen LogP contribution in [0.2, 0.25) is 0 Å². The number of carboxylic acids is 1. The largest absolute Gasteiger partial charge is 0.480 e. The van der Waals surface area contributed by atoms with E-state index in [9.17, 15) is 9.90 Å². The van der Waals surface area contributed by atoms with Crippen LogP contribution >= 0.6 is 0 Å². The van der Waals surface area contributed by atoms with Crippen molar-refractivity contribution < 1.29 is 9.90 Å². The molecule has 2 fully saturated rings. The van der Waals surface area contributed by atoms with Crippen molar-refractivity contribution in [3.8, 4) is 0 Å². The third kappa shape index (κ3) is 4.19. The highest BCUT2D eigenvalue weighted by molar-refractivity contribution is 5.78. The van der Waals surface area contributed by atoms with Gasteiger partial charge in [0.05, 0.1) is 0 Å². The van der Waals surface area contributed by atoms with E-state index in [1.165, 1.54) is 6.42 Å². The first kappa shape index (κ1) is 16.8. The Morgan fingerprint density at radius 1 is 1.29 bits per heavy atom. The van der Waals surface area contributed by atoms with Crippen molar-refractivity contribution in [3.05, 3.63) is 0 Å². The molecule has 2 aliphatic rings. The van der Waals surface area contributed by atoms with Gasteiger partial charge in [0.15, 0.2) is 0 Å². The lowest BCUT2D eigenvalue weighted by molar-refractivity contribution is -0.145. The smallest absolute Gasteiger partial charge is 0.323 e. The summed E-state index contributed by atoms with van der Waals surface area (Å²) < 4.78 is 0. The summed E-state index contributed by atoms with van der Waals surface area (Å²) in [4.78, 5) is 14.2. The predicted molar refractivity (Wildman–Crippen MR) is 85.4 cm³/mol. The number of nitrogens with one attached hydrogen (secondary N) is 1. The second kappa shape index (κ2) is 5.88. The SMILES string of the molecule is CC(CC(C)(NC1CC1)C(=O)O)N1CCC(C(C)(C)C)C1. The van der Waals surface area contributed by atoms with E-state index in [1.807, 2.05) is 6.92 Å². The molecule has 0 radical (unpaired) electrons. The van der Waals surface area contributed by atoms with Gasteiger partial charge < -0.3 is 10.0 Å². The molecule has 3 unspecified atom stereocenters. The van der Waals surface area contributed by atoms with E-state index in [-0.39, 0.29) is 0 Å². The Morgan fingerprint density at radius 3 is 2.33 bits per heavy atom. The maximum atomic E-state index is 11.7. The first-order valence-electron chi connectivity index (χ1n) is 8.37. The molecule has 3 atom stereocenters. The van der Waals surface area contributed by atoms with Crippen molar-refractivity contribution >= 4 is 5.97 Å². The van der Waals surface area contributed by atoms with Crippen molar-refractivity contribution in [1.29, 1.82) is 0 Å². The van der Waals surface area contributed by atoms with Crippen LogP contribution in [0.3, 0.4) is 0 Å². The Kier molecular flexibility index (Phi) is 4.69. The van der Waals surface area contributed by atoms with E-state index in [0.29, 0.717) is 29.8 Å². The third-order valence-electron chi connectivity index (χ3n) is 5.34. The lowest BCUT2D eigenvalue weighted by Gasteiger charge is -2.34. The van der Waals surface area contributed by atoms with E-state index in [1.54, 1.807) is 0 Å². The fourth-order valence-corrected chi connectivity index (χ4v) is 3.50. The van der Waals surface area contributed by atoms with Gasteiger partial charge in [0.2, 0.25) is 0 Å². The van der Waals surface area contributed by atoms with Gasteiger partial charge in [0.1, 0.15) is 5.54 Å². The van der Waals surface area contributed by atoms with Crippen LogP contribution in [0.15, 0.2) is 0 Å². The summed E-state index contributed by atoms with van der Waals surface area (Å²) in [5.74, 6) is 0.000226. The van der Waals surface area contributed by atoms with Crippen LogP contribution in [0.5, 0.6) is 0 Å². The van der Waals surface area contributed by atoms with Crippen LogP contribution in [-0.2, 0) is 4.79 Å². The summed E-state index contributed by atoms with van der Waals surface area (Å²) in [6.07, 6.45) is 4.14. The zero-order valence-electron chi connectivity index (χ0n) is 14.3. The molecule has 4 heteroatoms. The Hall–Kier alpha value is -0.610. The van der Waals surface area contributed by atoms with Crippen LogP contribution in [-0.4, -0.2) is 46.7 Å². The van der Waals surface area contributed by atoms with E-state index in [4.69, 9.17) is 0 Å². The molecule has 0 aromatic carbocycles. The highest BCUT2D eigenvalue weighted by Gasteiger charge is 2.42. The number of hydrogen-bond acceptors (Lipinski definition) is 3. The maximum Gasteiger partial charge on any atom is 0.323 e. The molecule has 2 rings (SSSR count). The van der Waals surface area contributed by atoms with E-state index in [2.05, 4.69) is 37.9 Å². The number of carboxylic acid groups (broad SMARTS) is 1. The minimum absolute atomic E-state index is 0.310. The molecule has 2 N–H and O–H groups in total. The Morgan fingerprint density at radius 2 is 1.90 bits per heavy atom. The molecule has 21 heavy (non-hydrogen) atoms. The van der Waals surface area contributed by atoms with Crippen LogP contribution in [0.1, 0.15) is 60.3 Å². The molecular weight excluding hydrogens is 264 g/mol. The van der Waals surface area contributed by atoms with Crippen molar-refractivity contribution in [2.45, 2.75) is 77.9 Å². The molecule has 0 spiro atoms. The highest BCUT2D eigenvalue weighted by atomic mass is 16.4. The first-order chi connectivity index (χ1) is 9.62. The van der Waals surface area contributed by atoms with E-state index >= 15 is 0 Å². The van der Waals surface area contributed by atoms with E-state index in [0.717, 1.165) is 25.9 Å². The second-order valence-corrected chi connectivity index (χ2v) is 8.46. The summed E-state index contributed by atoms with van der Waals surface area (Å²) in [6.45, 7) is 13.2. The third-order valence-corrected chi connectivity index (χ3v) is 5.34. The highest BCUT2D eigenvalue weighted by Crippen LogP contribution is 2.35. The van der Waals surface area contributed by atoms with Gasteiger partial charge in [0, 0.05) is 18.6 Å². The summed E-state index contributed by atoms with van der Waals surface area (Å²) in [6, 6.07) is 0.726. The molecule has 0 amide bonds. The normalized spacial score (nSPS) is 28.3. The number of rotatable bonds is 6. The van der Waals surface area contributed by atoms with Gasteiger partial charge in [-0.3, -0.25) is 10.1 Å². The standard InChI is InChI=1S/C17H32N2O2/c1-12(19-9-8-13(11-19)16(2,3)4)10-17(5,15(20)21)18-14-6-7-14/h12-14,18H,6-11H2,1-5H3,(H,20,21). The molecule has 1 aliphatic heterocycles. The van der Waals surface area contributed by atoms with Gasteiger partial charge in [-0.2, -0.15) is 0 Å². The van der Waals surface area contributed by atoms with Crippen LogP contribution in [0.25, 0.3) is 0 Å². The summed E-state index contributed by atoms with van der Waals surface area (Å²) >= 11 is 0. The molecule has 0 aromatic heterocycles. The van der Waals surface area contributed by atoms with Gasteiger partial charge in [-0.25, -0.2) is 0 Å². The summed E-state index contributed by atoms with van der Waals surface area (Å²) in [5.41, 5.74) is -0.447. The molecule has 1 saturated carbocycles. The van der Waals surface area contributed by atoms with Gasteiger partial charge in [-0.15, -0.1) is 0 Å². The van der Waals surface area contributed by atoms with Crippen molar-refractivity contribution in [2.75, 3.05) is 13.1 Å². The Bertz CT molecular complexity index is 387. The van der Waals surface area contributed by atoms with Gasteiger partial charge in [-0.05, 0) is 57.4 Å². The van der Waals surface area contributed by atoms with Gasteiger partial charge in [0.25, 0.3) is 0 Å². The number of carbonyl (C=O) groups is 1. The minimum atomic E-state index is -0.791. The average Bonchev–Trinajstić information content (AvgIpc) is 2.99. The van der Waals surface area contributed by atoms with Gasteiger partial charge >= 0.3 is 5.97 Å². The van der Waals surface area contributed by atoms with Crippen molar-refractivity contribution in [3.63, 3.8) is 0 Å². The lowest BCUT2D eigenvalue weighted by atomic mass is 9.80. The second-order valence-electron chi connectivity index (χ2n) is 8.46. The predicted octanol–water partition coefficient (Wildman–Crippen LogP) is 2.73. The van der Waals surface area contributed by atoms with E-state index < -0.39 is 11.5 Å². The molecular formula is C17H32N2O2. The fraction of sp³-hybridized carbons (Fsp3) is 0.941. The topological polar surface area (TPSA) is 52.6 Å². The zero-order valence-corrected chi connectivity index (χ0v) is 14.3. The number of likely N-dealkylation sites (tertiary alicyclic amines) is 1. The van der Waals surface area contributed by atoms with Crippen molar-refractivity contribution in [1.82, 2.24) is 10.2 Å². The number of hydrogen-bond donors (Lipinski definition) is 2. The molecule has 1 heterocycles. The monoisotopic (exact) mass is 296 g/mol. The molecule has 4 nitrogen and oxygen atoms in total. The maximum absolute atomic E-state index is 11.7. The van der Waals surface area contributed by atoms with Crippen LogP contribution in [0.4, 0.5) is 0 Å². The van der Waals surface area contributed by atoms with Crippen LogP contribution in [0, 0.1) is 11.3 Å². The number of nitrogens with zero attached hydrogens (tertiary/aromatic N) is 1. The Labute approximate surface area is 129 Å². The summed E-state index contributed by atoms with van der Waals surface area (Å²) in [7, 11) is 0. The molecule has 1 aliphatic carbocycles. The Balaban J connectivity index is 1.93. The van der Waals surface area contributed by atoms with Gasteiger partial charge in [-0.1, -0.05) is 20.8 Å².